The van der Waals surface area contributed by atoms with Crippen LogP contribution in [0.15, 0.2) is 30.3 Å². The van der Waals surface area contributed by atoms with E-state index in [2.05, 4.69) is 47.5 Å². The van der Waals surface area contributed by atoms with Gasteiger partial charge in [-0.15, -0.1) is 0 Å². The van der Waals surface area contributed by atoms with Gasteiger partial charge in [0.1, 0.15) is 0 Å². The van der Waals surface area contributed by atoms with Crippen LogP contribution in [-0.4, -0.2) is 37.0 Å². The van der Waals surface area contributed by atoms with Crippen molar-refractivity contribution in [1.29, 1.82) is 0 Å². The molecule has 0 spiro atoms. The second kappa shape index (κ2) is 5.33. The summed E-state index contributed by atoms with van der Waals surface area (Å²) in [6, 6.07) is 10.7. The van der Waals surface area contributed by atoms with Gasteiger partial charge in [0, 0.05) is 26.2 Å². The Balaban J connectivity index is 1.64. The minimum absolute atomic E-state index is 0.237. The van der Waals surface area contributed by atoms with Gasteiger partial charge in [0.2, 0.25) is 5.91 Å². The summed E-state index contributed by atoms with van der Waals surface area (Å²) >= 11 is 0. The number of rotatable bonds is 2. The largest absolute Gasteiger partial charge is 0.342 e. The summed E-state index contributed by atoms with van der Waals surface area (Å²) in [6.07, 6.45) is 1.09. The molecule has 1 amide bonds. The highest BCUT2D eigenvalue weighted by Gasteiger charge is 2.34. The summed E-state index contributed by atoms with van der Waals surface area (Å²) in [4.78, 5) is 14.3. The summed E-state index contributed by atoms with van der Waals surface area (Å²) < 4.78 is 0. The smallest absolute Gasteiger partial charge is 0.228 e. The van der Waals surface area contributed by atoms with Crippen LogP contribution in [0, 0.1) is 11.8 Å². The molecule has 2 saturated heterocycles. The second-order valence-electron chi connectivity index (χ2n) is 5.92. The molecule has 0 aliphatic carbocycles. The number of hydrogen-bond acceptors (Lipinski definition) is 2. The molecule has 0 radical (unpaired) electrons. The summed E-state index contributed by atoms with van der Waals surface area (Å²) in [5.41, 5.74) is 1.42. The maximum Gasteiger partial charge on any atom is 0.228 e. The van der Waals surface area contributed by atoms with Crippen LogP contribution in [0.2, 0.25) is 0 Å². The Morgan fingerprint density at radius 1 is 1.26 bits per heavy atom. The molecule has 19 heavy (non-hydrogen) atoms. The van der Waals surface area contributed by atoms with Crippen molar-refractivity contribution in [2.24, 2.45) is 11.8 Å². The minimum atomic E-state index is 0.237. The maximum absolute atomic E-state index is 12.3. The fourth-order valence-electron chi connectivity index (χ4n) is 3.26. The van der Waals surface area contributed by atoms with Crippen LogP contribution in [0.4, 0.5) is 0 Å². The van der Waals surface area contributed by atoms with Crippen molar-refractivity contribution in [3.8, 4) is 0 Å². The first-order valence-corrected chi connectivity index (χ1v) is 7.30. The third kappa shape index (κ3) is 2.52. The van der Waals surface area contributed by atoms with Crippen molar-refractivity contribution < 1.29 is 4.79 Å². The van der Waals surface area contributed by atoms with Crippen molar-refractivity contribution in [2.75, 3.05) is 26.2 Å². The van der Waals surface area contributed by atoms with E-state index in [0.717, 1.165) is 32.6 Å². The number of carbonyl (C=O) groups is 1. The van der Waals surface area contributed by atoms with Crippen LogP contribution in [0.3, 0.4) is 0 Å². The highest BCUT2D eigenvalue weighted by Crippen LogP contribution is 2.33. The molecule has 1 N–H and O–H groups in total. The molecule has 3 heteroatoms. The van der Waals surface area contributed by atoms with Gasteiger partial charge >= 0.3 is 0 Å². The van der Waals surface area contributed by atoms with Crippen molar-refractivity contribution >= 4 is 5.91 Å². The van der Waals surface area contributed by atoms with E-state index in [9.17, 15) is 4.79 Å². The predicted molar refractivity (Wildman–Crippen MR) is 75.9 cm³/mol. The lowest BCUT2D eigenvalue weighted by Gasteiger charge is -2.40. The standard InChI is InChI=1S/C16H22N2O/c1-12-11-18(16(19)14-9-17-10-14)8-7-15(12)13-5-3-2-4-6-13/h2-6,12,14-15,17H,7-11H2,1H3. The molecule has 0 saturated carbocycles. The highest BCUT2D eigenvalue weighted by atomic mass is 16.2. The van der Waals surface area contributed by atoms with E-state index >= 15 is 0 Å². The highest BCUT2D eigenvalue weighted by molar-refractivity contribution is 5.80. The zero-order valence-electron chi connectivity index (χ0n) is 11.5. The van der Waals surface area contributed by atoms with Gasteiger partial charge in [-0.1, -0.05) is 37.3 Å². The Morgan fingerprint density at radius 2 is 2.00 bits per heavy atom. The third-order valence-electron chi connectivity index (χ3n) is 4.58. The predicted octanol–water partition coefficient (Wildman–Crippen LogP) is 1.86. The van der Waals surface area contributed by atoms with Gasteiger partial charge in [0.05, 0.1) is 5.92 Å². The molecule has 2 atom stereocenters. The fourth-order valence-corrected chi connectivity index (χ4v) is 3.26. The molecule has 1 aromatic rings. The molecule has 1 aromatic carbocycles. The van der Waals surface area contributed by atoms with E-state index in [0.29, 0.717) is 17.7 Å². The monoisotopic (exact) mass is 258 g/mol. The van der Waals surface area contributed by atoms with E-state index in [1.54, 1.807) is 0 Å². The van der Waals surface area contributed by atoms with E-state index in [-0.39, 0.29) is 5.92 Å². The first-order valence-electron chi connectivity index (χ1n) is 7.30. The van der Waals surface area contributed by atoms with Gasteiger partial charge < -0.3 is 10.2 Å². The second-order valence-corrected chi connectivity index (χ2v) is 5.92. The van der Waals surface area contributed by atoms with E-state index in [4.69, 9.17) is 0 Å². The molecular formula is C16H22N2O. The number of nitrogens with zero attached hydrogens (tertiary/aromatic N) is 1. The molecule has 0 aromatic heterocycles. The van der Waals surface area contributed by atoms with Gasteiger partial charge in [0.25, 0.3) is 0 Å². The number of nitrogens with one attached hydrogen (secondary N) is 1. The lowest BCUT2D eigenvalue weighted by molar-refractivity contribution is -0.139. The molecule has 2 unspecified atom stereocenters. The summed E-state index contributed by atoms with van der Waals surface area (Å²) in [5, 5.41) is 3.18. The third-order valence-corrected chi connectivity index (χ3v) is 4.58. The Morgan fingerprint density at radius 3 is 2.58 bits per heavy atom. The Bertz CT molecular complexity index is 441. The van der Waals surface area contributed by atoms with Gasteiger partial charge in [-0.2, -0.15) is 0 Å². The first kappa shape index (κ1) is 12.7. The zero-order chi connectivity index (χ0) is 13.2. The number of amides is 1. The van der Waals surface area contributed by atoms with Gasteiger partial charge in [-0.3, -0.25) is 4.79 Å². The topological polar surface area (TPSA) is 32.3 Å². The number of piperidine rings is 1. The number of hydrogen-bond donors (Lipinski definition) is 1. The summed E-state index contributed by atoms with van der Waals surface area (Å²) in [7, 11) is 0. The van der Waals surface area contributed by atoms with Crippen LogP contribution in [-0.2, 0) is 4.79 Å². The lowest BCUT2D eigenvalue weighted by Crippen LogP contribution is -2.54. The molecule has 2 aliphatic rings. The normalized spacial score (nSPS) is 27.9. The molecule has 0 bridgehead atoms. The quantitative estimate of drug-likeness (QED) is 0.878. The molecule has 2 fully saturated rings. The van der Waals surface area contributed by atoms with Crippen LogP contribution in [0.25, 0.3) is 0 Å². The molecule has 3 nitrogen and oxygen atoms in total. The first-order chi connectivity index (χ1) is 9.25. The molecule has 2 heterocycles. The van der Waals surface area contributed by atoms with Crippen molar-refractivity contribution in [1.82, 2.24) is 10.2 Å². The van der Waals surface area contributed by atoms with Crippen molar-refractivity contribution in [2.45, 2.75) is 19.3 Å². The van der Waals surface area contributed by atoms with Crippen LogP contribution >= 0.6 is 0 Å². The van der Waals surface area contributed by atoms with Gasteiger partial charge in [-0.05, 0) is 23.8 Å². The molecule has 102 valence electrons. The van der Waals surface area contributed by atoms with Crippen LogP contribution < -0.4 is 5.32 Å². The fraction of sp³-hybridized carbons (Fsp3) is 0.562. The zero-order valence-corrected chi connectivity index (χ0v) is 11.5. The number of benzene rings is 1. The van der Waals surface area contributed by atoms with E-state index < -0.39 is 0 Å². The maximum atomic E-state index is 12.3. The van der Waals surface area contributed by atoms with Gasteiger partial charge in [0.15, 0.2) is 0 Å². The molecule has 3 rings (SSSR count). The Kier molecular flexibility index (Phi) is 3.56. The number of likely N-dealkylation sites (tertiary alicyclic amines) is 1. The minimum Gasteiger partial charge on any atom is -0.342 e. The lowest BCUT2D eigenvalue weighted by atomic mass is 9.81. The summed E-state index contributed by atoms with van der Waals surface area (Å²) in [6.45, 7) is 5.84. The average Bonchev–Trinajstić information content (AvgIpc) is 2.37. The number of carbonyl (C=O) groups excluding carboxylic acids is 1. The van der Waals surface area contributed by atoms with Crippen LogP contribution in [0.1, 0.15) is 24.8 Å². The van der Waals surface area contributed by atoms with Crippen LogP contribution in [0.5, 0.6) is 0 Å². The SMILES string of the molecule is CC1CN(C(=O)C2CNC2)CCC1c1ccccc1. The van der Waals surface area contributed by atoms with E-state index in [1.807, 2.05) is 0 Å². The summed E-state index contributed by atoms with van der Waals surface area (Å²) in [5.74, 6) is 1.75. The van der Waals surface area contributed by atoms with E-state index in [1.165, 1.54) is 5.56 Å². The Hall–Kier alpha value is -1.35. The van der Waals surface area contributed by atoms with Crippen molar-refractivity contribution in [3.05, 3.63) is 35.9 Å². The molecule has 2 aliphatic heterocycles. The van der Waals surface area contributed by atoms with Crippen molar-refractivity contribution in [3.63, 3.8) is 0 Å². The van der Waals surface area contributed by atoms with Gasteiger partial charge in [-0.25, -0.2) is 0 Å². The molecular weight excluding hydrogens is 236 g/mol. The Labute approximate surface area is 115 Å². The average molecular weight is 258 g/mol.